The second-order valence-electron chi connectivity index (χ2n) is 4.95. The number of halogens is 1. The summed E-state index contributed by atoms with van der Waals surface area (Å²) in [5.74, 6) is -0.174. The van der Waals surface area contributed by atoms with Gasteiger partial charge in [-0.15, -0.1) is 0 Å². The van der Waals surface area contributed by atoms with Gasteiger partial charge < -0.3 is 5.32 Å². The molecule has 3 heteroatoms. The first-order chi connectivity index (χ1) is 9.02. The molecule has 19 heavy (non-hydrogen) atoms. The third-order valence-electron chi connectivity index (χ3n) is 3.33. The van der Waals surface area contributed by atoms with Crippen molar-refractivity contribution >= 4 is 0 Å². The second kappa shape index (κ2) is 5.49. The molecule has 0 amide bonds. The van der Waals surface area contributed by atoms with Crippen LogP contribution in [0.15, 0.2) is 30.5 Å². The number of rotatable bonds is 3. The van der Waals surface area contributed by atoms with Crippen LogP contribution in [-0.2, 0) is 0 Å². The summed E-state index contributed by atoms with van der Waals surface area (Å²) in [7, 11) is 1.89. The molecule has 0 aliphatic carbocycles. The van der Waals surface area contributed by atoms with Crippen LogP contribution < -0.4 is 5.32 Å². The van der Waals surface area contributed by atoms with E-state index in [4.69, 9.17) is 0 Å². The van der Waals surface area contributed by atoms with Crippen LogP contribution in [0, 0.1) is 26.6 Å². The zero-order chi connectivity index (χ0) is 14.0. The molecule has 1 atom stereocenters. The highest BCUT2D eigenvalue weighted by Gasteiger charge is 2.16. The minimum atomic E-state index is -0.174. The highest BCUT2D eigenvalue weighted by molar-refractivity contribution is 5.35. The Kier molecular flexibility index (Phi) is 3.96. The number of nitrogens with zero attached hydrogens (tertiary/aromatic N) is 1. The van der Waals surface area contributed by atoms with Crippen LogP contribution >= 0.6 is 0 Å². The smallest absolute Gasteiger partial charge is 0.126 e. The van der Waals surface area contributed by atoms with E-state index < -0.39 is 0 Å². The van der Waals surface area contributed by atoms with Gasteiger partial charge in [0.25, 0.3) is 0 Å². The van der Waals surface area contributed by atoms with Crippen LogP contribution in [0.5, 0.6) is 0 Å². The second-order valence-corrected chi connectivity index (χ2v) is 4.95. The summed E-state index contributed by atoms with van der Waals surface area (Å²) in [6, 6.07) is 7.30. The molecule has 0 saturated heterocycles. The molecule has 0 radical (unpaired) electrons. The first-order valence-corrected chi connectivity index (χ1v) is 6.39. The van der Waals surface area contributed by atoms with Crippen molar-refractivity contribution in [2.45, 2.75) is 26.8 Å². The number of hydrogen-bond acceptors (Lipinski definition) is 2. The van der Waals surface area contributed by atoms with Gasteiger partial charge in [-0.1, -0.05) is 18.2 Å². The molecule has 0 aliphatic rings. The monoisotopic (exact) mass is 258 g/mol. The SMILES string of the molecule is CNC(c1ccc(F)c(C)c1)c1ncc(C)cc1C. The molecular formula is C16H19FN2. The lowest BCUT2D eigenvalue weighted by Crippen LogP contribution is -2.20. The zero-order valence-corrected chi connectivity index (χ0v) is 11.8. The summed E-state index contributed by atoms with van der Waals surface area (Å²) in [6.45, 7) is 5.86. The lowest BCUT2D eigenvalue weighted by atomic mass is 9.98. The molecule has 0 aliphatic heterocycles. The van der Waals surface area contributed by atoms with Gasteiger partial charge in [0.15, 0.2) is 0 Å². The molecule has 2 rings (SSSR count). The molecule has 2 nitrogen and oxygen atoms in total. The van der Waals surface area contributed by atoms with Crippen molar-refractivity contribution in [3.63, 3.8) is 0 Å². The van der Waals surface area contributed by atoms with Crippen molar-refractivity contribution in [1.82, 2.24) is 10.3 Å². The van der Waals surface area contributed by atoms with Gasteiger partial charge in [0.05, 0.1) is 11.7 Å². The largest absolute Gasteiger partial charge is 0.308 e. The average Bonchev–Trinajstić information content (AvgIpc) is 2.37. The van der Waals surface area contributed by atoms with Crippen molar-refractivity contribution in [2.24, 2.45) is 0 Å². The highest BCUT2D eigenvalue weighted by atomic mass is 19.1. The van der Waals surface area contributed by atoms with E-state index in [9.17, 15) is 4.39 Å². The number of pyridine rings is 1. The van der Waals surface area contributed by atoms with Crippen molar-refractivity contribution in [3.8, 4) is 0 Å². The minimum Gasteiger partial charge on any atom is -0.308 e. The summed E-state index contributed by atoms with van der Waals surface area (Å²) >= 11 is 0. The van der Waals surface area contributed by atoms with Crippen molar-refractivity contribution < 1.29 is 4.39 Å². The molecule has 1 heterocycles. The Balaban J connectivity index is 2.46. The molecule has 1 unspecified atom stereocenters. The Labute approximate surface area is 113 Å². The molecule has 1 N–H and O–H groups in total. The molecule has 1 aromatic heterocycles. The van der Waals surface area contributed by atoms with Gasteiger partial charge in [0.1, 0.15) is 5.82 Å². The normalized spacial score (nSPS) is 12.5. The minimum absolute atomic E-state index is 0.0140. The van der Waals surface area contributed by atoms with E-state index in [1.165, 1.54) is 6.07 Å². The molecule has 1 aromatic carbocycles. The van der Waals surface area contributed by atoms with E-state index in [0.29, 0.717) is 5.56 Å². The van der Waals surface area contributed by atoms with Crippen molar-refractivity contribution in [3.05, 3.63) is 64.2 Å². The summed E-state index contributed by atoms with van der Waals surface area (Å²) in [5, 5.41) is 3.26. The number of benzene rings is 1. The Hall–Kier alpha value is -1.74. The van der Waals surface area contributed by atoms with Gasteiger partial charge in [0, 0.05) is 6.20 Å². The predicted molar refractivity (Wildman–Crippen MR) is 75.8 cm³/mol. The van der Waals surface area contributed by atoms with Crippen molar-refractivity contribution in [2.75, 3.05) is 7.05 Å². The van der Waals surface area contributed by atoms with E-state index >= 15 is 0 Å². The Morgan fingerprint density at radius 1 is 1.11 bits per heavy atom. The van der Waals surface area contributed by atoms with Crippen molar-refractivity contribution in [1.29, 1.82) is 0 Å². The van der Waals surface area contributed by atoms with Gasteiger partial charge in [-0.25, -0.2) is 4.39 Å². The number of nitrogens with one attached hydrogen (secondary N) is 1. The lowest BCUT2D eigenvalue weighted by molar-refractivity contribution is 0.612. The summed E-state index contributed by atoms with van der Waals surface area (Å²) in [5.41, 5.74) is 4.95. The van der Waals surface area contributed by atoms with Gasteiger partial charge in [-0.2, -0.15) is 0 Å². The third kappa shape index (κ3) is 2.82. The van der Waals surface area contributed by atoms with E-state index in [1.807, 2.05) is 32.3 Å². The molecule has 2 aromatic rings. The van der Waals surface area contributed by atoms with Gasteiger partial charge in [-0.05, 0) is 56.1 Å². The summed E-state index contributed by atoms with van der Waals surface area (Å²) in [6.07, 6.45) is 1.86. The Bertz CT molecular complexity index is 593. The fraction of sp³-hybridized carbons (Fsp3) is 0.312. The standard InChI is InChI=1S/C16H19FN2/c1-10-7-12(3)15(19-9-10)16(18-4)13-5-6-14(17)11(2)8-13/h5-9,16,18H,1-4H3. The molecule has 0 bridgehead atoms. The Morgan fingerprint density at radius 3 is 2.42 bits per heavy atom. The maximum absolute atomic E-state index is 13.4. The molecule has 0 spiro atoms. The first kappa shape index (κ1) is 13.7. The maximum Gasteiger partial charge on any atom is 0.126 e. The van der Waals surface area contributed by atoms with E-state index in [2.05, 4.69) is 23.3 Å². The number of aryl methyl sites for hydroxylation is 3. The molecule has 0 saturated carbocycles. The van der Waals surface area contributed by atoms with Gasteiger partial charge >= 0.3 is 0 Å². The predicted octanol–water partition coefficient (Wildman–Crippen LogP) is 3.45. The summed E-state index contributed by atoms with van der Waals surface area (Å²) < 4.78 is 13.4. The first-order valence-electron chi connectivity index (χ1n) is 6.39. The fourth-order valence-corrected chi connectivity index (χ4v) is 2.34. The summed E-state index contributed by atoms with van der Waals surface area (Å²) in [4.78, 5) is 4.52. The van der Waals surface area contributed by atoms with E-state index in [0.717, 1.165) is 22.4 Å². The van der Waals surface area contributed by atoms with Gasteiger partial charge in [-0.3, -0.25) is 4.98 Å². The Morgan fingerprint density at radius 2 is 1.84 bits per heavy atom. The van der Waals surface area contributed by atoms with Crippen LogP contribution in [0.3, 0.4) is 0 Å². The number of hydrogen-bond donors (Lipinski definition) is 1. The van der Waals surface area contributed by atoms with Crippen LogP contribution in [0.1, 0.15) is 34.0 Å². The number of aromatic nitrogens is 1. The average molecular weight is 258 g/mol. The molecule has 0 fully saturated rings. The molecular weight excluding hydrogens is 239 g/mol. The zero-order valence-electron chi connectivity index (χ0n) is 11.8. The third-order valence-corrected chi connectivity index (χ3v) is 3.33. The van der Waals surface area contributed by atoms with Crippen LogP contribution in [0.25, 0.3) is 0 Å². The van der Waals surface area contributed by atoms with Crippen LogP contribution in [0.4, 0.5) is 4.39 Å². The molecule has 100 valence electrons. The van der Waals surface area contributed by atoms with Crippen LogP contribution in [0.2, 0.25) is 0 Å². The topological polar surface area (TPSA) is 24.9 Å². The lowest BCUT2D eigenvalue weighted by Gasteiger charge is -2.19. The van der Waals surface area contributed by atoms with Crippen LogP contribution in [-0.4, -0.2) is 12.0 Å². The highest BCUT2D eigenvalue weighted by Crippen LogP contribution is 2.24. The van der Waals surface area contributed by atoms with Gasteiger partial charge in [0.2, 0.25) is 0 Å². The fourth-order valence-electron chi connectivity index (χ4n) is 2.34. The quantitative estimate of drug-likeness (QED) is 0.912. The van der Waals surface area contributed by atoms with E-state index in [-0.39, 0.29) is 11.9 Å². The van der Waals surface area contributed by atoms with E-state index in [1.54, 1.807) is 6.92 Å². The maximum atomic E-state index is 13.4.